The van der Waals surface area contributed by atoms with Crippen LogP contribution in [0.1, 0.15) is 31.9 Å². The first-order chi connectivity index (χ1) is 23.3. The van der Waals surface area contributed by atoms with Crippen LogP contribution < -0.4 is 11.1 Å². The molecule has 5 aromatic rings. The van der Waals surface area contributed by atoms with Gasteiger partial charge in [-0.3, -0.25) is 19.4 Å². The molecule has 2 aromatic heterocycles. The van der Waals surface area contributed by atoms with Crippen molar-refractivity contribution in [2.75, 3.05) is 20.6 Å². The average molecular weight is 660 g/mol. The smallest absolute Gasteiger partial charge is 0.254 e. The van der Waals surface area contributed by atoms with E-state index in [0.29, 0.717) is 31.5 Å². The highest BCUT2D eigenvalue weighted by atomic mass is 32.1. The summed E-state index contributed by atoms with van der Waals surface area (Å²) in [6, 6.07) is 31.3. The number of aromatic nitrogens is 1. The molecule has 0 saturated carbocycles. The fraction of sp³-hybridized carbons (Fsp3) is 0.231. The molecule has 0 unspecified atom stereocenters. The second-order valence-corrected chi connectivity index (χ2v) is 12.8. The van der Waals surface area contributed by atoms with Crippen molar-refractivity contribution in [2.24, 2.45) is 5.73 Å². The first kappa shape index (κ1) is 34.2. The minimum Gasteiger partial charge on any atom is -0.354 e. The van der Waals surface area contributed by atoms with Crippen LogP contribution in [0.5, 0.6) is 0 Å². The quantitative estimate of drug-likeness (QED) is 0.167. The van der Waals surface area contributed by atoms with Crippen molar-refractivity contribution in [3.05, 3.63) is 148 Å². The normalized spacial score (nSPS) is 12.1. The second kappa shape index (κ2) is 16.6. The van der Waals surface area contributed by atoms with Crippen molar-refractivity contribution in [1.82, 2.24) is 20.1 Å². The summed E-state index contributed by atoms with van der Waals surface area (Å²) in [4.78, 5) is 50.2. The van der Waals surface area contributed by atoms with Gasteiger partial charge in [0.1, 0.15) is 12.1 Å². The molecule has 0 aliphatic heterocycles. The maximum absolute atomic E-state index is 14.5. The van der Waals surface area contributed by atoms with Crippen LogP contribution in [0.4, 0.5) is 0 Å². The number of carbonyl (C=O) groups is 3. The lowest BCUT2D eigenvalue weighted by atomic mass is 9.98. The van der Waals surface area contributed by atoms with Gasteiger partial charge in [0.2, 0.25) is 11.8 Å². The highest BCUT2D eigenvalue weighted by molar-refractivity contribution is 7.09. The van der Waals surface area contributed by atoms with Crippen molar-refractivity contribution in [3.8, 4) is 11.1 Å². The molecule has 3 N–H and O–H groups in total. The van der Waals surface area contributed by atoms with Gasteiger partial charge in [0.25, 0.3) is 5.91 Å². The fourth-order valence-electron chi connectivity index (χ4n) is 5.66. The lowest BCUT2D eigenvalue weighted by Crippen LogP contribution is -2.56. The molecular formula is C39H41N5O3S. The minimum absolute atomic E-state index is 0.246. The minimum atomic E-state index is -0.873. The van der Waals surface area contributed by atoms with Gasteiger partial charge >= 0.3 is 0 Å². The number of carbonyl (C=O) groups excluding carboxylic acids is 3. The summed E-state index contributed by atoms with van der Waals surface area (Å²) in [5.74, 6) is -0.864. The predicted molar refractivity (Wildman–Crippen MR) is 191 cm³/mol. The number of nitrogens with zero attached hydrogens (tertiary/aromatic N) is 3. The van der Waals surface area contributed by atoms with Crippen LogP contribution >= 0.6 is 11.3 Å². The van der Waals surface area contributed by atoms with Gasteiger partial charge in [-0.1, -0.05) is 72.8 Å². The first-order valence-corrected chi connectivity index (χ1v) is 16.9. The number of rotatable bonds is 14. The molecule has 0 spiro atoms. The molecule has 5 rings (SSSR count). The van der Waals surface area contributed by atoms with E-state index < -0.39 is 12.1 Å². The number of hydrogen-bond donors (Lipinski definition) is 2. The van der Waals surface area contributed by atoms with Crippen molar-refractivity contribution >= 4 is 29.1 Å². The van der Waals surface area contributed by atoms with Crippen molar-refractivity contribution < 1.29 is 14.4 Å². The Bertz CT molecular complexity index is 1780. The van der Waals surface area contributed by atoms with Gasteiger partial charge in [0, 0.05) is 62.9 Å². The summed E-state index contributed by atoms with van der Waals surface area (Å²) < 4.78 is 0. The van der Waals surface area contributed by atoms with E-state index >= 15 is 0 Å². The molecule has 246 valence electrons. The monoisotopic (exact) mass is 659 g/mol. The molecule has 9 heteroatoms. The van der Waals surface area contributed by atoms with Crippen LogP contribution in [0.25, 0.3) is 11.1 Å². The topological polar surface area (TPSA) is 109 Å². The molecule has 0 bridgehead atoms. The number of nitrogens with two attached hydrogens (primary N) is 1. The van der Waals surface area contributed by atoms with Gasteiger partial charge in [-0.05, 0) is 69.9 Å². The van der Waals surface area contributed by atoms with E-state index in [1.54, 1.807) is 56.0 Å². The van der Waals surface area contributed by atoms with Crippen molar-refractivity contribution in [1.29, 1.82) is 0 Å². The van der Waals surface area contributed by atoms with E-state index in [-0.39, 0.29) is 24.1 Å². The standard InChI is InChI=1S/C39H41N5O3S/c1-43(35(26-34-12-7-23-48-34)37(45)42-22-19-28-17-20-41-21-18-28)39(47)36(44(2)38(46)33-11-6-8-30(24-33)27-40)25-29-13-15-32(16-14-29)31-9-4-3-5-10-31/h3-18,20-21,23-24,35-36H,19,22,25-27,40H2,1-2H3,(H,42,45)/t35-,36-/m1/s1. The second-order valence-electron chi connectivity index (χ2n) is 11.7. The van der Waals surface area contributed by atoms with Crippen LogP contribution in [0.15, 0.2) is 121 Å². The van der Waals surface area contributed by atoms with Gasteiger partial charge in [-0.15, -0.1) is 11.3 Å². The number of pyridine rings is 1. The van der Waals surface area contributed by atoms with Gasteiger partial charge in [-0.25, -0.2) is 0 Å². The van der Waals surface area contributed by atoms with E-state index in [2.05, 4.69) is 10.3 Å². The Kier molecular flexibility index (Phi) is 11.9. The Morgan fingerprint density at radius 1 is 0.750 bits per heavy atom. The van der Waals surface area contributed by atoms with Gasteiger partial charge in [-0.2, -0.15) is 0 Å². The molecule has 3 amide bonds. The molecule has 0 aliphatic carbocycles. The van der Waals surface area contributed by atoms with E-state index in [1.165, 1.54) is 9.80 Å². The number of likely N-dealkylation sites (N-methyl/N-ethyl adjacent to an activating group) is 2. The van der Waals surface area contributed by atoms with Crippen LogP contribution in [0.3, 0.4) is 0 Å². The third kappa shape index (κ3) is 8.82. The molecule has 2 atom stereocenters. The number of amides is 3. The maximum Gasteiger partial charge on any atom is 0.254 e. The molecule has 48 heavy (non-hydrogen) atoms. The highest BCUT2D eigenvalue weighted by Crippen LogP contribution is 2.23. The SMILES string of the molecule is CN(C(=O)c1cccc(CN)c1)[C@H](Cc1ccc(-c2ccccc2)cc1)C(=O)N(C)[C@H](Cc1cccs1)C(=O)NCCc1ccncc1. The Morgan fingerprint density at radius 2 is 1.48 bits per heavy atom. The fourth-order valence-corrected chi connectivity index (χ4v) is 6.41. The van der Waals surface area contributed by atoms with Crippen LogP contribution in [0.2, 0.25) is 0 Å². The van der Waals surface area contributed by atoms with E-state index in [1.807, 2.05) is 90.3 Å². The lowest BCUT2D eigenvalue weighted by molar-refractivity contribution is -0.142. The predicted octanol–water partition coefficient (Wildman–Crippen LogP) is 5.38. The molecule has 2 heterocycles. The third-order valence-electron chi connectivity index (χ3n) is 8.53. The zero-order valence-electron chi connectivity index (χ0n) is 27.3. The number of thiophene rings is 1. The van der Waals surface area contributed by atoms with Gasteiger partial charge in [0.05, 0.1) is 0 Å². The molecule has 3 aromatic carbocycles. The highest BCUT2D eigenvalue weighted by Gasteiger charge is 2.35. The molecular weight excluding hydrogens is 619 g/mol. The Balaban J connectivity index is 1.41. The largest absolute Gasteiger partial charge is 0.354 e. The summed E-state index contributed by atoms with van der Waals surface area (Å²) >= 11 is 1.54. The summed E-state index contributed by atoms with van der Waals surface area (Å²) in [5, 5.41) is 5.00. The van der Waals surface area contributed by atoms with Crippen molar-refractivity contribution in [3.63, 3.8) is 0 Å². The third-order valence-corrected chi connectivity index (χ3v) is 9.43. The van der Waals surface area contributed by atoms with E-state index in [0.717, 1.165) is 32.7 Å². The number of hydrogen-bond acceptors (Lipinski definition) is 6. The first-order valence-electron chi connectivity index (χ1n) is 16.0. The van der Waals surface area contributed by atoms with E-state index in [9.17, 15) is 14.4 Å². The zero-order valence-corrected chi connectivity index (χ0v) is 28.1. The Hall–Kier alpha value is -5.12. The number of nitrogens with one attached hydrogen (secondary N) is 1. The van der Waals surface area contributed by atoms with Crippen LogP contribution in [-0.2, 0) is 35.4 Å². The lowest BCUT2D eigenvalue weighted by Gasteiger charge is -2.34. The van der Waals surface area contributed by atoms with Gasteiger partial charge in [0.15, 0.2) is 0 Å². The maximum atomic E-state index is 14.5. The summed E-state index contributed by atoms with van der Waals surface area (Å²) in [5.41, 5.74) is 11.2. The zero-order chi connectivity index (χ0) is 33.9. The molecule has 0 aliphatic rings. The van der Waals surface area contributed by atoms with Crippen LogP contribution in [-0.4, -0.2) is 65.2 Å². The molecule has 0 radical (unpaired) electrons. The van der Waals surface area contributed by atoms with Gasteiger partial charge < -0.3 is 20.9 Å². The molecule has 8 nitrogen and oxygen atoms in total. The van der Waals surface area contributed by atoms with E-state index in [4.69, 9.17) is 5.73 Å². The average Bonchev–Trinajstić information content (AvgIpc) is 3.66. The Morgan fingerprint density at radius 3 is 2.17 bits per heavy atom. The summed E-state index contributed by atoms with van der Waals surface area (Å²) in [6.07, 6.45) is 4.71. The number of benzene rings is 3. The molecule has 0 saturated heterocycles. The Labute approximate surface area is 286 Å². The van der Waals surface area contributed by atoms with Crippen molar-refractivity contribution in [2.45, 2.75) is 37.9 Å². The summed E-state index contributed by atoms with van der Waals surface area (Å²) in [7, 11) is 3.30. The molecule has 0 fully saturated rings. The summed E-state index contributed by atoms with van der Waals surface area (Å²) in [6.45, 7) is 0.712. The van der Waals surface area contributed by atoms with Crippen LogP contribution in [0, 0.1) is 0 Å².